The number of hydrogen-bond acceptors (Lipinski definition) is 10. The van der Waals surface area contributed by atoms with E-state index in [-0.39, 0.29) is 15.8 Å². The molecule has 0 aromatic heterocycles. The van der Waals surface area contributed by atoms with Crippen LogP contribution in [0.3, 0.4) is 0 Å². The van der Waals surface area contributed by atoms with Crippen molar-refractivity contribution in [1.82, 2.24) is 5.32 Å². The quantitative estimate of drug-likeness (QED) is 0.262. The number of benzene rings is 1. The van der Waals surface area contributed by atoms with Gasteiger partial charge in [0, 0.05) is 11.6 Å². The summed E-state index contributed by atoms with van der Waals surface area (Å²) in [4.78, 5) is 34.2. The summed E-state index contributed by atoms with van der Waals surface area (Å²) >= 11 is 0.941. The monoisotopic (exact) mass is 393 g/mol. The number of amidine groups is 1. The second-order valence-electron chi connectivity index (χ2n) is 4.70. The molecule has 142 valence electrons. The van der Waals surface area contributed by atoms with Crippen LogP contribution in [0, 0.1) is 0 Å². The average molecular weight is 393 g/mol. The Bertz CT molecular complexity index is 848. The van der Waals surface area contributed by atoms with E-state index in [1.54, 1.807) is 6.07 Å². The maximum Gasteiger partial charge on any atom is 0.513 e. The van der Waals surface area contributed by atoms with Crippen molar-refractivity contribution in [2.75, 3.05) is 21.3 Å². The fourth-order valence-electron chi connectivity index (χ4n) is 1.80. The molecule has 0 atom stereocenters. The van der Waals surface area contributed by atoms with Gasteiger partial charge >= 0.3 is 12.1 Å². The maximum atomic E-state index is 11.7. The summed E-state index contributed by atoms with van der Waals surface area (Å²) in [6.07, 6.45) is 1.55. The SMILES string of the molecule is COC(=O)/C=C1/S/C(=N\N=Cc2cc(OC(=O)OC)ccc2OC)NC1=O. The fraction of sp³-hybridized carbons (Fsp3) is 0.188. The summed E-state index contributed by atoms with van der Waals surface area (Å²) in [7, 11) is 3.87. The number of amides is 1. The molecule has 0 spiro atoms. The summed E-state index contributed by atoms with van der Waals surface area (Å²) in [5, 5.41) is 10.4. The number of ether oxygens (including phenoxy) is 4. The molecule has 0 bridgehead atoms. The van der Waals surface area contributed by atoms with Crippen LogP contribution in [0.4, 0.5) is 4.79 Å². The number of nitrogens with zero attached hydrogens (tertiary/aromatic N) is 2. The zero-order valence-electron chi connectivity index (χ0n) is 14.5. The van der Waals surface area contributed by atoms with E-state index >= 15 is 0 Å². The van der Waals surface area contributed by atoms with Crippen LogP contribution in [0.2, 0.25) is 0 Å². The lowest BCUT2D eigenvalue weighted by Crippen LogP contribution is -2.19. The van der Waals surface area contributed by atoms with Gasteiger partial charge in [-0.2, -0.15) is 5.10 Å². The van der Waals surface area contributed by atoms with Crippen LogP contribution in [-0.2, 0) is 19.1 Å². The van der Waals surface area contributed by atoms with Gasteiger partial charge in [0.25, 0.3) is 5.91 Å². The minimum Gasteiger partial charge on any atom is -0.496 e. The van der Waals surface area contributed by atoms with Gasteiger partial charge in [0.15, 0.2) is 5.17 Å². The molecule has 1 fully saturated rings. The van der Waals surface area contributed by atoms with E-state index in [9.17, 15) is 14.4 Å². The second-order valence-corrected chi connectivity index (χ2v) is 5.73. The van der Waals surface area contributed by atoms with Gasteiger partial charge in [0.05, 0.1) is 32.4 Å². The second kappa shape index (κ2) is 9.38. The number of hydrogen-bond donors (Lipinski definition) is 1. The Morgan fingerprint density at radius 3 is 2.63 bits per heavy atom. The van der Waals surface area contributed by atoms with Crippen LogP contribution in [0.25, 0.3) is 0 Å². The first kappa shape index (κ1) is 20.0. The largest absolute Gasteiger partial charge is 0.513 e. The van der Waals surface area contributed by atoms with Crippen LogP contribution in [0.5, 0.6) is 11.5 Å². The van der Waals surface area contributed by atoms with E-state index in [4.69, 9.17) is 9.47 Å². The van der Waals surface area contributed by atoms with Crippen LogP contribution >= 0.6 is 11.8 Å². The van der Waals surface area contributed by atoms with Crippen molar-refractivity contribution in [2.45, 2.75) is 0 Å². The Kier molecular flexibility index (Phi) is 6.94. The highest BCUT2D eigenvalue weighted by Crippen LogP contribution is 2.25. The molecule has 1 saturated heterocycles. The molecule has 1 aliphatic heterocycles. The molecule has 1 aromatic rings. The Balaban J connectivity index is 2.15. The average Bonchev–Trinajstić information content (AvgIpc) is 3.01. The van der Waals surface area contributed by atoms with Crippen LogP contribution in [-0.4, -0.2) is 50.7 Å². The molecule has 1 heterocycles. The molecule has 0 radical (unpaired) electrons. The van der Waals surface area contributed by atoms with E-state index in [1.807, 2.05) is 0 Å². The topological polar surface area (TPSA) is 125 Å². The molecule has 0 aliphatic carbocycles. The van der Waals surface area contributed by atoms with Crippen molar-refractivity contribution < 1.29 is 33.3 Å². The van der Waals surface area contributed by atoms with Crippen molar-refractivity contribution in [2.24, 2.45) is 10.2 Å². The van der Waals surface area contributed by atoms with Crippen LogP contribution in [0.1, 0.15) is 5.56 Å². The van der Waals surface area contributed by atoms with Crippen molar-refractivity contribution >= 4 is 41.2 Å². The predicted molar refractivity (Wildman–Crippen MR) is 96.9 cm³/mol. The van der Waals surface area contributed by atoms with E-state index in [0.717, 1.165) is 17.8 Å². The predicted octanol–water partition coefficient (Wildman–Crippen LogP) is 1.45. The normalized spacial score (nSPS) is 16.5. The summed E-state index contributed by atoms with van der Waals surface area (Å²) < 4.78 is 19.0. The Hall–Kier alpha value is -3.34. The summed E-state index contributed by atoms with van der Waals surface area (Å²) in [5.74, 6) is -0.441. The highest BCUT2D eigenvalue weighted by molar-refractivity contribution is 8.18. The lowest BCUT2D eigenvalue weighted by Gasteiger charge is -2.07. The van der Waals surface area contributed by atoms with Gasteiger partial charge < -0.3 is 18.9 Å². The van der Waals surface area contributed by atoms with Gasteiger partial charge in [-0.1, -0.05) is 0 Å². The number of carbonyl (C=O) groups is 3. The number of thioether (sulfide) groups is 1. The van der Waals surface area contributed by atoms with Crippen LogP contribution < -0.4 is 14.8 Å². The minimum absolute atomic E-state index is 0.141. The van der Waals surface area contributed by atoms with Gasteiger partial charge in [0.2, 0.25) is 0 Å². The van der Waals surface area contributed by atoms with E-state index in [2.05, 4.69) is 25.0 Å². The third-order valence-electron chi connectivity index (χ3n) is 3.02. The number of methoxy groups -OCH3 is 3. The molecular weight excluding hydrogens is 378 g/mol. The van der Waals surface area contributed by atoms with Crippen LogP contribution in [0.15, 0.2) is 39.4 Å². The highest BCUT2D eigenvalue weighted by atomic mass is 32.2. The molecule has 11 heteroatoms. The molecule has 1 aromatic carbocycles. The first-order valence-corrected chi connectivity index (χ1v) is 8.12. The molecule has 0 saturated carbocycles. The lowest BCUT2D eigenvalue weighted by molar-refractivity contribution is -0.135. The van der Waals surface area contributed by atoms with E-state index in [0.29, 0.717) is 11.3 Å². The Labute approximate surface area is 158 Å². The van der Waals surface area contributed by atoms with Gasteiger partial charge in [-0.25, -0.2) is 9.59 Å². The third kappa shape index (κ3) is 5.57. The molecule has 0 unspecified atom stereocenters. The third-order valence-corrected chi connectivity index (χ3v) is 3.92. The molecule has 1 aliphatic rings. The first-order chi connectivity index (χ1) is 13.0. The Morgan fingerprint density at radius 1 is 1.19 bits per heavy atom. The van der Waals surface area contributed by atoms with Gasteiger partial charge in [-0.15, -0.1) is 5.10 Å². The maximum absolute atomic E-state index is 11.7. The van der Waals surface area contributed by atoms with Gasteiger partial charge in [-0.05, 0) is 30.0 Å². The van der Waals surface area contributed by atoms with Gasteiger partial charge in [-0.3, -0.25) is 10.1 Å². The molecule has 10 nitrogen and oxygen atoms in total. The summed E-state index contributed by atoms with van der Waals surface area (Å²) in [6, 6.07) is 4.61. The molecule has 2 rings (SSSR count). The summed E-state index contributed by atoms with van der Waals surface area (Å²) in [5.41, 5.74) is 0.475. The zero-order valence-corrected chi connectivity index (χ0v) is 15.4. The first-order valence-electron chi connectivity index (χ1n) is 7.30. The van der Waals surface area contributed by atoms with Crippen molar-refractivity contribution in [3.63, 3.8) is 0 Å². The van der Waals surface area contributed by atoms with Gasteiger partial charge in [0.1, 0.15) is 11.5 Å². The molecular formula is C16H15N3O7S. The minimum atomic E-state index is -0.863. The van der Waals surface area contributed by atoms with Crippen molar-refractivity contribution in [1.29, 1.82) is 0 Å². The van der Waals surface area contributed by atoms with Crippen molar-refractivity contribution in [3.05, 3.63) is 34.7 Å². The highest BCUT2D eigenvalue weighted by Gasteiger charge is 2.25. The fourth-order valence-corrected chi connectivity index (χ4v) is 2.54. The van der Waals surface area contributed by atoms with E-state index < -0.39 is 18.0 Å². The lowest BCUT2D eigenvalue weighted by atomic mass is 10.2. The molecule has 1 amide bonds. The molecule has 1 N–H and O–H groups in total. The molecule has 27 heavy (non-hydrogen) atoms. The number of carbonyl (C=O) groups excluding carboxylic acids is 3. The standard InChI is InChI=1S/C16H15N3O7S/c1-23-11-5-4-10(26-16(22)25-3)6-9(11)8-17-19-15-18-14(21)12(27-15)7-13(20)24-2/h4-8H,1-3H3,(H,18,19,21)/b12-7+,17-8?. The number of rotatable bonds is 5. The smallest absolute Gasteiger partial charge is 0.496 e. The zero-order chi connectivity index (χ0) is 19.8. The van der Waals surface area contributed by atoms with Crippen molar-refractivity contribution in [3.8, 4) is 11.5 Å². The Morgan fingerprint density at radius 2 is 1.96 bits per heavy atom. The van der Waals surface area contributed by atoms with E-state index in [1.165, 1.54) is 39.7 Å². The summed E-state index contributed by atoms with van der Waals surface area (Å²) in [6.45, 7) is 0. The number of nitrogens with one attached hydrogen (secondary N) is 1. The number of esters is 1.